The molecule has 0 spiro atoms. The second kappa shape index (κ2) is 4.11. The van der Waals surface area contributed by atoms with Gasteiger partial charge in [-0.1, -0.05) is 12.1 Å². The Kier molecular flexibility index (Phi) is 3.10. The van der Waals surface area contributed by atoms with Crippen LogP contribution in [0.4, 0.5) is 0 Å². The molecule has 0 radical (unpaired) electrons. The molecule has 64 valence electrons. The number of hydrogen-bond donors (Lipinski definition) is 3. The standard InChI is InChI=1S/C7H10BNO3/c9-5-6-1-3-7(4-2-6)12-8(10)11/h1-4,10-11H,5,9H2. The van der Waals surface area contributed by atoms with Crippen LogP contribution < -0.4 is 10.4 Å². The van der Waals surface area contributed by atoms with Gasteiger partial charge in [-0.25, -0.2) is 0 Å². The molecule has 0 atom stereocenters. The van der Waals surface area contributed by atoms with Gasteiger partial charge in [0, 0.05) is 6.54 Å². The second-order valence-electron chi connectivity index (χ2n) is 2.29. The van der Waals surface area contributed by atoms with E-state index in [1.807, 2.05) is 0 Å². The maximum Gasteiger partial charge on any atom is 0.707 e. The SMILES string of the molecule is NCc1ccc(OB(O)O)cc1. The van der Waals surface area contributed by atoms with Gasteiger partial charge in [0.15, 0.2) is 0 Å². The Morgan fingerprint density at radius 3 is 2.25 bits per heavy atom. The molecule has 4 nitrogen and oxygen atoms in total. The van der Waals surface area contributed by atoms with Crippen LogP contribution in [0.5, 0.6) is 5.75 Å². The predicted octanol–water partition coefficient (Wildman–Crippen LogP) is -0.506. The molecule has 0 aromatic heterocycles. The molecular weight excluding hydrogens is 157 g/mol. The lowest BCUT2D eigenvalue weighted by Crippen LogP contribution is -2.20. The van der Waals surface area contributed by atoms with Crippen molar-refractivity contribution < 1.29 is 14.7 Å². The quantitative estimate of drug-likeness (QED) is 0.530. The summed E-state index contributed by atoms with van der Waals surface area (Å²) in [6.07, 6.45) is 0. The molecule has 0 aliphatic rings. The van der Waals surface area contributed by atoms with E-state index in [2.05, 4.69) is 4.65 Å². The van der Waals surface area contributed by atoms with Crippen LogP contribution >= 0.6 is 0 Å². The van der Waals surface area contributed by atoms with Crippen molar-refractivity contribution in [1.29, 1.82) is 0 Å². The van der Waals surface area contributed by atoms with Gasteiger partial charge in [-0.3, -0.25) is 0 Å². The number of rotatable bonds is 3. The summed E-state index contributed by atoms with van der Waals surface area (Å²) in [4.78, 5) is 0. The minimum Gasteiger partial charge on any atom is -0.512 e. The van der Waals surface area contributed by atoms with Crippen molar-refractivity contribution in [1.82, 2.24) is 0 Å². The first-order valence-electron chi connectivity index (χ1n) is 3.54. The van der Waals surface area contributed by atoms with E-state index in [-0.39, 0.29) is 0 Å². The first kappa shape index (κ1) is 9.06. The molecule has 0 aliphatic heterocycles. The molecule has 0 amide bonds. The molecule has 1 aromatic carbocycles. The minimum atomic E-state index is -1.77. The van der Waals surface area contributed by atoms with Crippen LogP contribution in [-0.2, 0) is 6.54 Å². The van der Waals surface area contributed by atoms with E-state index < -0.39 is 7.32 Å². The fraction of sp³-hybridized carbons (Fsp3) is 0.143. The lowest BCUT2D eigenvalue weighted by atomic mass is 10.2. The average Bonchev–Trinajstić information content (AvgIpc) is 2.05. The van der Waals surface area contributed by atoms with Crippen LogP contribution in [0.15, 0.2) is 24.3 Å². The predicted molar refractivity (Wildman–Crippen MR) is 45.2 cm³/mol. The summed E-state index contributed by atoms with van der Waals surface area (Å²) < 4.78 is 4.58. The van der Waals surface area contributed by atoms with E-state index in [4.69, 9.17) is 15.8 Å². The first-order valence-corrected chi connectivity index (χ1v) is 3.54. The molecule has 0 saturated carbocycles. The fourth-order valence-corrected chi connectivity index (χ4v) is 0.826. The Labute approximate surface area is 70.8 Å². The van der Waals surface area contributed by atoms with E-state index >= 15 is 0 Å². The Bertz CT molecular complexity index is 237. The van der Waals surface area contributed by atoms with Crippen molar-refractivity contribution in [3.8, 4) is 5.75 Å². The molecule has 0 aliphatic carbocycles. The molecular formula is C7H10BNO3. The van der Waals surface area contributed by atoms with E-state index in [1.165, 1.54) is 0 Å². The van der Waals surface area contributed by atoms with Gasteiger partial charge >= 0.3 is 7.32 Å². The highest BCUT2D eigenvalue weighted by atomic mass is 16.6. The highest BCUT2D eigenvalue weighted by molar-refractivity contribution is 6.33. The Morgan fingerprint density at radius 1 is 1.25 bits per heavy atom. The molecule has 4 N–H and O–H groups in total. The van der Waals surface area contributed by atoms with E-state index in [0.29, 0.717) is 12.3 Å². The van der Waals surface area contributed by atoms with Crippen molar-refractivity contribution in [3.05, 3.63) is 29.8 Å². The molecule has 5 heteroatoms. The summed E-state index contributed by atoms with van der Waals surface area (Å²) >= 11 is 0. The van der Waals surface area contributed by atoms with E-state index in [0.717, 1.165) is 5.56 Å². The summed E-state index contributed by atoms with van der Waals surface area (Å²) in [5.41, 5.74) is 6.33. The molecule has 0 fully saturated rings. The van der Waals surface area contributed by atoms with Crippen LogP contribution in [0.1, 0.15) is 5.56 Å². The van der Waals surface area contributed by atoms with Crippen molar-refractivity contribution in [2.24, 2.45) is 5.73 Å². The Balaban J connectivity index is 2.65. The average molecular weight is 167 g/mol. The van der Waals surface area contributed by atoms with Crippen LogP contribution in [0.3, 0.4) is 0 Å². The summed E-state index contributed by atoms with van der Waals surface area (Å²) in [5, 5.41) is 16.9. The third-order valence-electron chi connectivity index (χ3n) is 1.40. The summed E-state index contributed by atoms with van der Waals surface area (Å²) in [7, 11) is -1.77. The van der Waals surface area contributed by atoms with Gasteiger partial charge in [0.1, 0.15) is 5.75 Å². The first-order chi connectivity index (χ1) is 5.72. The largest absolute Gasteiger partial charge is 0.707 e. The van der Waals surface area contributed by atoms with Crippen molar-refractivity contribution >= 4 is 7.32 Å². The molecule has 12 heavy (non-hydrogen) atoms. The summed E-state index contributed by atoms with van der Waals surface area (Å²) in [6, 6.07) is 6.78. The van der Waals surface area contributed by atoms with Crippen molar-refractivity contribution in [3.63, 3.8) is 0 Å². The third-order valence-corrected chi connectivity index (χ3v) is 1.40. The molecule has 1 rings (SSSR count). The maximum atomic E-state index is 8.44. The monoisotopic (exact) mass is 167 g/mol. The van der Waals surface area contributed by atoms with Crippen LogP contribution in [0.25, 0.3) is 0 Å². The van der Waals surface area contributed by atoms with Gasteiger partial charge in [0.25, 0.3) is 0 Å². The molecule has 0 saturated heterocycles. The smallest absolute Gasteiger partial charge is 0.512 e. The number of hydrogen-bond acceptors (Lipinski definition) is 4. The number of nitrogens with two attached hydrogens (primary N) is 1. The van der Waals surface area contributed by atoms with Crippen LogP contribution in [0.2, 0.25) is 0 Å². The van der Waals surface area contributed by atoms with E-state index in [1.54, 1.807) is 24.3 Å². The minimum absolute atomic E-state index is 0.405. The van der Waals surface area contributed by atoms with Crippen LogP contribution in [-0.4, -0.2) is 17.4 Å². The molecule has 1 aromatic rings. The molecule has 0 unspecified atom stereocenters. The van der Waals surface area contributed by atoms with Crippen molar-refractivity contribution in [2.75, 3.05) is 0 Å². The highest BCUT2D eigenvalue weighted by Crippen LogP contribution is 2.11. The van der Waals surface area contributed by atoms with E-state index in [9.17, 15) is 0 Å². The third kappa shape index (κ3) is 2.54. The van der Waals surface area contributed by atoms with Gasteiger partial charge in [0.05, 0.1) is 0 Å². The highest BCUT2D eigenvalue weighted by Gasteiger charge is 2.10. The van der Waals surface area contributed by atoms with Gasteiger partial charge in [-0.15, -0.1) is 0 Å². The number of benzene rings is 1. The normalized spacial score (nSPS) is 9.58. The summed E-state index contributed by atoms with van der Waals surface area (Å²) in [5.74, 6) is 0.405. The topological polar surface area (TPSA) is 75.7 Å². The second-order valence-corrected chi connectivity index (χ2v) is 2.29. The molecule has 0 bridgehead atoms. The zero-order valence-electron chi connectivity index (χ0n) is 6.47. The lowest BCUT2D eigenvalue weighted by molar-refractivity contribution is 0.288. The van der Waals surface area contributed by atoms with Gasteiger partial charge in [-0.05, 0) is 17.7 Å². The molecule has 0 heterocycles. The zero-order valence-corrected chi connectivity index (χ0v) is 6.47. The van der Waals surface area contributed by atoms with Gasteiger partial charge < -0.3 is 20.4 Å². The Hall–Kier alpha value is -1.04. The van der Waals surface area contributed by atoms with Gasteiger partial charge in [-0.2, -0.15) is 0 Å². The van der Waals surface area contributed by atoms with Crippen molar-refractivity contribution in [2.45, 2.75) is 6.54 Å². The Morgan fingerprint density at radius 2 is 1.83 bits per heavy atom. The maximum absolute atomic E-state index is 8.44. The van der Waals surface area contributed by atoms with Gasteiger partial charge in [0.2, 0.25) is 0 Å². The lowest BCUT2D eigenvalue weighted by Gasteiger charge is -2.04. The zero-order chi connectivity index (χ0) is 8.97. The summed E-state index contributed by atoms with van der Waals surface area (Å²) in [6.45, 7) is 0.460. The fourth-order valence-electron chi connectivity index (χ4n) is 0.826. The van der Waals surface area contributed by atoms with Crippen LogP contribution in [0, 0.1) is 0 Å².